The van der Waals surface area contributed by atoms with E-state index in [1.807, 2.05) is 38.1 Å². The summed E-state index contributed by atoms with van der Waals surface area (Å²) >= 11 is 0. The lowest BCUT2D eigenvalue weighted by Gasteiger charge is -2.11. The van der Waals surface area contributed by atoms with E-state index in [1.165, 1.54) is 0 Å². The van der Waals surface area contributed by atoms with Gasteiger partial charge in [0, 0.05) is 16.6 Å². The normalized spacial score (nSPS) is 10.8. The molecular weight excluding hydrogens is 342 g/mol. The zero-order valence-electron chi connectivity index (χ0n) is 15.6. The first-order valence-corrected chi connectivity index (χ1v) is 8.73. The average Bonchev–Trinajstić information content (AvgIpc) is 2.70. The number of para-hydroxylation sites is 1. The van der Waals surface area contributed by atoms with E-state index in [-0.39, 0.29) is 18.3 Å². The molecule has 5 nitrogen and oxygen atoms in total. The van der Waals surface area contributed by atoms with Crippen LogP contribution in [0.4, 0.5) is 0 Å². The highest BCUT2D eigenvalue weighted by atomic mass is 16.5. The first-order valence-electron chi connectivity index (χ1n) is 8.73. The molecule has 0 aliphatic carbocycles. The third-order valence-electron chi connectivity index (χ3n) is 4.29. The van der Waals surface area contributed by atoms with Crippen LogP contribution in [0.2, 0.25) is 0 Å². The minimum atomic E-state index is -0.530. The van der Waals surface area contributed by atoms with Gasteiger partial charge in [-0.05, 0) is 42.3 Å². The van der Waals surface area contributed by atoms with Gasteiger partial charge in [-0.15, -0.1) is 0 Å². The SMILES string of the molecule is COc1ccc(C(=O)COC(=O)c2cc(C(C)C)nc3ccccc23)cc1. The Balaban J connectivity index is 1.80. The fourth-order valence-electron chi connectivity index (χ4n) is 2.73. The van der Waals surface area contributed by atoms with Crippen molar-refractivity contribution in [2.75, 3.05) is 13.7 Å². The van der Waals surface area contributed by atoms with Gasteiger partial charge in [-0.2, -0.15) is 0 Å². The zero-order chi connectivity index (χ0) is 19.4. The number of Topliss-reactive ketones (excluding diaryl/α,β-unsaturated/α-hetero) is 1. The van der Waals surface area contributed by atoms with Crippen molar-refractivity contribution in [3.63, 3.8) is 0 Å². The number of hydrogen-bond acceptors (Lipinski definition) is 5. The molecule has 0 aliphatic rings. The Morgan fingerprint density at radius 3 is 2.41 bits per heavy atom. The molecule has 0 atom stereocenters. The number of ketones is 1. The largest absolute Gasteiger partial charge is 0.497 e. The second-order valence-corrected chi connectivity index (χ2v) is 6.49. The lowest BCUT2D eigenvalue weighted by atomic mass is 10.0. The van der Waals surface area contributed by atoms with Crippen LogP contribution in [-0.2, 0) is 4.74 Å². The summed E-state index contributed by atoms with van der Waals surface area (Å²) in [5.41, 5.74) is 2.43. The van der Waals surface area contributed by atoms with Gasteiger partial charge in [0.2, 0.25) is 0 Å². The van der Waals surface area contributed by atoms with E-state index in [2.05, 4.69) is 4.98 Å². The maximum absolute atomic E-state index is 12.6. The highest BCUT2D eigenvalue weighted by molar-refractivity contribution is 6.05. The molecule has 5 heteroatoms. The van der Waals surface area contributed by atoms with Crippen LogP contribution in [0.15, 0.2) is 54.6 Å². The van der Waals surface area contributed by atoms with Crippen molar-refractivity contribution in [2.24, 2.45) is 0 Å². The van der Waals surface area contributed by atoms with Crippen LogP contribution in [0, 0.1) is 0 Å². The van der Waals surface area contributed by atoms with Crippen LogP contribution in [0.3, 0.4) is 0 Å². The Morgan fingerprint density at radius 1 is 1.04 bits per heavy atom. The predicted molar refractivity (Wildman–Crippen MR) is 103 cm³/mol. The number of benzene rings is 2. The molecule has 3 rings (SSSR count). The Bertz CT molecular complexity index is 977. The second-order valence-electron chi connectivity index (χ2n) is 6.49. The van der Waals surface area contributed by atoms with Crippen molar-refractivity contribution < 1.29 is 19.1 Å². The fraction of sp³-hybridized carbons (Fsp3) is 0.227. The lowest BCUT2D eigenvalue weighted by Crippen LogP contribution is -2.15. The molecular formula is C22H21NO4. The molecule has 0 amide bonds. The molecule has 2 aromatic carbocycles. The number of ether oxygens (including phenoxy) is 2. The average molecular weight is 363 g/mol. The minimum absolute atomic E-state index is 0.169. The van der Waals surface area contributed by atoms with E-state index in [4.69, 9.17) is 9.47 Å². The smallest absolute Gasteiger partial charge is 0.339 e. The van der Waals surface area contributed by atoms with Crippen LogP contribution in [0.1, 0.15) is 46.2 Å². The molecule has 0 aliphatic heterocycles. The van der Waals surface area contributed by atoms with E-state index >= 15 is 0 Å². The number of fused-ring (bicyclic) bond motifs is 1. The van der Waals surface area contributed by atoms with E-state index in [1.54, 1.807) is 37.4 Å². The van der Waals surface area contributed by atoms with Gasteiger partial charge in [-0.25, -0.2) is 4.79 Å². The molecule has 0 radical (unpaired) electrons. The summed E-state index contributed by atoms with van der Waals surface area (Å²) in [6.07, 6.45) is 0. The summed E-state index contributed by atoms with van der Waals surface area (Å²) in [5, 5.41) is 0.712. The molecule has 0 unspecified atom stereocenters. The first-order chi connectivity index (χ1) is 13.0. The van der Waals surface area contributed by atoms with Crippen molar-refractivity contribution in [2.45, 2.75) is 19.8 Å². The summed E-state index contributed by atoms with van der Waals surface area (Å²) in [5.74, 6) is 0.0286. The number of aromatic nitrogens is 1. The maximum Gasteiger partial charge on any atom is 0.339 e. The molecule has 0 spiro atoms. The van der Waals surface area contributed by atoms with Crippen molar-refractivity contribution >= 4 is 22.7 Å². The Kier molecular flexibility index (Phi) is 5.50. The van der Waals surface area contributed by atoms with Gasteiger partial charge in [0.05, 0.1) is 18.2 Å². The molecule has 0 saturated heterocycles. The van der Waals surface area contributed by atoms with Gasteiger partial charge in [0.15, 0.2) is 12.4 Å². The number of carbonyl (C=O) groups is 2. The predicted octanol–water partition coefficient (Wildman–Crippen LogP) is 4.41. The van der Waals surface area contributed by atoms with Gasteiger partial charge in [0.1, 0.15) is 5.75 Å². The van der Waals surface area contributed by atoms with Crippen molar-refractivity contribution in [1.82, 2.24) is 4.98 Å². The van der Waals surface area contributed by atoms with Gasteiger partial charge in [-0.1, -0.05) is 32.0 Å². The molecule has 0 saturated carbocycles. The van der Waals surface area contributed by atoms with E-state index in [0.717, 1.165) is 11.2 Å². The second kappa shape index (κ2) is 7.99. The monoisotopic (exact) mass is 363 g/mol. The number of methoxy groups -OCH3 is 1. The van der Waals surface area contributed by atoms with E-state index in [9.17, 15) is 9.59 Å². The number of hydrogen-bond donors (Lipinski definition) is 0. The Morgan fingerprint density at radius 2 is 1.74 bits per heavy atom. The molecule has 0 fully saturated rings. The van der Waals surface area contributed by atoms with Crippen LogP contribution < -0.4 is 4.74 Å². The van der Waals surface area contributed by atoms with Gasteiger partial charge in [0.25, 0.3) is 0 Å². The molecule has 0 N–H and O–H groups in total. The van der Waals surface area contributed by atoms with Crippen molar-refractivity contribution in [1.29, 1.82) is 0 Å². The van der Waals surface area contributed by atoms with Gasteiger partial charge >= 0.3 is 5.97 Å². The first kappa shape index (κ1) is 18.6. The molecule has 27 heavy (non-hydrogen) atoms. The number of rotatable bonds is 6. The molecule has 1 aromatic heterocycles. The van der Waals surface area contributed by atoms with Gasteiger partial charge in [-0.3, -0.25) is 9.78 Å². The summed E-state index contributed by atoms with van der Waals surface area (Å²) < 4.78 is 10.4. The third kappa shape index (κ3) is 4.14. The fourth-order valence-corrected chi connectivity index (χ4v) is 2.73. The van der Waals surface area contributed by atoms with E-state index in [0.29, 0.717) is 22.3 Å². The third-order valence-corrected chi connectivity index (χ3v) is 4.29. The minimum Gasteiger partial charge on any atom is -0.497 e. The summed E-state index contributed by atoms with van der Waals surface area (Å²) in [6, 6.07) is 15.8. The van der Waals surface area contributed by atoms with Crippen molar-refractivity contribution in [3.05, 3.63) is 71.4 Å². The quantitative estimate of drug-likeness (QED) is 0.479. The Hall–Kier alpha value is -3.21. The van der Waals surface area contributed by atoms with E-state index < -0.39 is 5.97 Å². The zero-order valence-corrected chi connectivity index (χ0v) is 15.6. The molecule has 1 heterocycles. The summed E-state index contributed by atoms with van der Waals surface area (Å²) in [6.45, 7) is 3.71. The van der Waals surface area contributed by atoms with Gasteiger partial charge < -0.3 is 9.47 Å². The Labute approximate surface area is 157 Å². The van der Waals surface area contributed by atoms with Crippen LogP contribution in [0.25, 0.3) is 10.9 Å². The van der Waals surface area contributed by atoms with Crippen LogP contribution >= 0.6 is 0 Å². The topological polar surface area (TPSA) is 65.5 Å². The summed E-state index contributed by atoms with van der Waals surface area (Å²) in [7, 11) is 1.56. The molecule has 138 valence electrons. The molecule has 0 bridgehead atoms. The summed E-state index contributed by atoms with van der Waals surface area (Å²) in [4.78, 5) is 29.5. The number of pyridine rings is 1. The number of nitrogens with zero attached hydrogens (tertiary/aromatic N) is 1. The highest BCUT2D eigenvalue weighted by Crippen LogP contribution is 2.23. The van der Waals surface area contributed by atoms with Crippen LogP contribution in [-0.4, -0.2) is 30.5 Å². The number of carbonyl (C=O) groups excluding carboxylic acids is 2. The van der Waals surface area contributed by atoms with Crippen LogP contribution in [0.5, 0.6) is 5.75 Å². The maximum atomic E-state index is 12.6. The standard InChI is InChI=1S/C22H21NO4/c1-14(2)20-12-18(17-6-4-5-7-19(17)23-20)22(25)27-13-21(24)15-8-10-16(26-3)11-9-15/h4-12,14H,13H2,1-3H3. The number of esters is 1. The lowest BCUT2D eigenvalue weighted by molar-refractivity contribution is 0.0476. The molecule has 3 aromatic rings. The van der Waals surface area contributed by atoms with Crippen molar-refractivity contribution in [3.8, 4) is 5.75 Å². The highest BCUT2D eigenvalue weighted by Gasteiger charge is 2.17.